The fourth-order valence-corrected chi connectivity index (χ4v) is 4.61. The summed E-state index contributed by atoms with van der Waals surface area (Å²) < 4.78 is 46.4. The van der Waals surface area contributed by atoms with Crippen molar-refractivity contribution in [1.29, 1.82) is 0 Å². The van der Waals surface area contributed by atoms with Crippen LogP contribution in [0.2, 0.25) is 5.02 Å². The number of alkyl halides is 3. The molecule has 2 aromatic carbocycles. The summed E-state index contributed by atoms with van der Waals surface area (Å²) >= 11 is 6.84. The lowest BCUT2D eigenvalue weighted by molar-refractivity contribution is -0.137. The molecule has 2 heterocycles. The van der Waals surface area contributed by atoms with Gasteiger partial charge in [-0.3, -0.25) is 4.79 Å². The van der Waals surface area contributed by atoms with E-state index < -0.39 is 34.0 Å². The first-order valence-electron chi connectivity index (χ1n) is 9.34. The zero-order valence-corrected chi connectivity index (χ0v) is 18.3. The Hall–Kier alpha value is -2.92. The summed E-state index contributed by atoms with van der Waals surface area (Å²) in [4.78, 5) is 13.2. The summed E-state index contributed by atoms with van der Waals surface area (Å²) in [5.41, 5.74) is 2.98. The second-order valence-electron chi connectivity index (χ2n) is 6.97. The van der Waals surface area contributed by atoms with Gasteiger partial charge in [-0.15, -0.1) is 10.2 Å². The van der Waals surface area contributed by atoms with E-state index >= 15 is 0 Å². The number of nitrogens with zero attached hydrogens (tertiary/aromatic N) is 3. The maximum Gasteiger partial charge on any atom is 0.417 e. The van der Waals surface area contributed by atoms with Gasteiger partial charge in [0, 0.05) is 5.69 Å². The number of rotatable bonds is 4. The number of ether oxygens (including phenoxy) is 1. The SMILES string of the molecule is COc1ccc([C@H]2Nn3c(C)nnc3S[C@H]2C(=O)Nc2ccc(Cl)c(C(F)(F)F)c2)cc1. The van der Waals surface area contributed by atoms with Gasteiger partial charge in [0.2, 0.25) is 11.1 Å². The Morgan fingerprint density at radius 2 is 1.94 bits per heavy atom. The van der Waals surface area contributed by atoms with Crippen LogP contribution < -0.4 is 15.5 Å². The zero-order chi connectivity index (χ0) is 23.0. The van der Waals surface area contributed by atoms with Gasteiger partial charge in [-0.05, 0) is 42.8 Å². The van der Waals surface area contributed by atoms with E-state index in [1.165, 1.54) is 17.8 Å². The predicted molar refractivity (Wildman–Crippen MR) is 115 cm³/mol. The first-order valence-corrected chi connectivity index (χ1v) is 10.6. The number of hydrogen-bond donors (Lipinski definition) is 2. The van der Waals surface area contributed by atoms with Gasteiger partial charge in [-0.2, -0.15) is 13.2 Å². The van der Waals surface area contributed by atoms with Crippen LogP contribution in [0.4, 0.5) is 18.9 Å². The van der Waals surface area contributed by atoms with Gasteiger partial charge in [-0.1, -0.05) is 35.5 Å². The molecule has 4 rings (SSSR count). The van der Waals surface area contributed by atoms with Crippen molar-refractivity contribution in [2.24, 2.45) is 0 Å². The minimum Gasteiger partial charge on any atom is -0.497 e. The number of thioether (sulfide) groups is 1. The van der Waals surface area contributed by atoms with E-state index in [9.17, 15) is 18.0 Å². The number of methoxy groups -OCH3 is 1. The van der Waals surface area contributed by atoms with Gasteiger partial charge >= 0.3 is 6.18 Å². The Labute approximate surface area is 190 Å². The largest absolute Gasteiger partial charge is 0.497 e. The Morgan fingerprint density at radius 3 is 2.59 bits per heavy atom. The standard InChI is InChI=1S/C20H17ClF3N5O2S/c1-10-26-27-19-29(10)28-16(11-3-6-13(31-2)7-4-11)17(32-19)18(30)25-12-5-8-15(21)14(9-12)20(22,23)24/h3-9,16-17,28H,1-2H3,(H,25,30)/t16-,17-/m1/s1. The topological polar surface area (TPSA) is 81.1 Å². The molecule has 0 fully saturated rings. The Kier molecular flexibility index (Phi) is 5.95. The number of benzene rings is 2. The van der Waals surface area contributed by atoms with Crippen LogP contribution in [0.3, 0.4) is 0 Å². The molecule has 12 heteroatoms. The molecule has 1 amide bonds. The quantitative estimate of drug-likeness (QED) is 0.561. The van der Waals surface area contributed by atoms with Gasteiger partial charge in [0.25, 0.3) is 0 Å². The average Bonchev–Trinajstić information content (AvgIpc) is 3.13. The van der Waals surface area contributed by atoms with Crippen molar-refractivity contribution >= 4 is 35.0 Å². The van der Waals surface area contributed by atoms with E-state index in [0.717, 1.165) is 17.7 Å². The van der Waals surface area contributed by atoms with Crippen LogP contribution in [0.15, 0.2) is 47.6 Å². The number of carbonyl (C=O) groups excluding carboxylic acids is 1. The van der Waals surface area contributed by atoms with Crippen molar-refractivity contribution in [2.45, 2.75) is 29.5 Å². The van der Waals surface area contributed by atoms with Gasteiger partial charge in [0.1, 0.15) is 16.8 Å². The molecule has 7 nitrogen and oxygen atoms in total. The second-order valence-corrected chi connectivity index (χ2v) is 8.48. The normalized spacial score (nSPS) is 17.9. The maximum absolute atomic E-state index is 13.2. The summed E-state index contributed by atoms with van der Waals surface area (Å²) in [6.45, 7) is 1.77. The number of fused-ring (bicyclic) bond motifs is 1. The number of aryl methyl sites for hydroxylation is 1. The zero-order valence-electron chi connectivity index (χ0n) is 16.8. The highest BCUT2D eigenvalue weighted by atomic mass is 35.5. The third-order valence-corrected chi connectivity index (χ3v) is 6.42. The van der Waals surface area contributed by atoms with E-state index in [-0.39, 0.29) is 5.69 Å². The number of amides is 1. The third-order valence-electron chi connectivity index (χ3n) is 4.87. The molecule has 0 spiro atoms. The van der Waals surface area contributed by atoms with Crippen molar-refractivity contribution in [2.75, 3.05) is 17.9 Å². The molecule has 0 saturated heterocycles. The number of anilines is 1. The molecule has 0 radical (unpaired) electrons. The Bertz CT molecular complexity index is 1150. The lowest BCUT2D eigenvalue weighted by Gasteiger charge is -2.32. The minimum atomic E-state index is -4.64. The lowest BCUT2D eigenvalue weighted by atomic mass is 10.0. The van der Waals surface area contributed by atoms with Crippen LogP contribution in [0, 0.1) is 6.92 Å². The van der Waals surface area contributed by atoms with E-state index in [1.54, 1.807) is 30.8 Å². The Balaban J connectivity index is 1.65. The van der Waals surface area contributed by atoms with Gasteiger partial charge < -0.3 is 15.5 Å². The van der Waals surface area contributed by atoms with Crippen molar-refractivity contribution < 1.29 is 22.7 Å². The number of aromatic nitrogens is 3. The van der Waals surface area contributed by atoms with Gasteiger partial charge in [-0.25, -0.2) is 4.68 Å². The highest BCUT2D eigenvalue weighted by Gasteiger charge is 2.38. The van der Waals surface area contributed by atoms with Gasteiger partial charge in [0.05, 0.1) is 23.7 Å². The molecule has 32 heavy (non-hydrogen) atoms. The Morgan fingerprint density at radius 1 is 1.22 bits per heavy atom. The number of hydrogen-bond acceptors (Lipinski definition) is 6. The van der Waals surface area contributed by atoms with Gasteiger partial charge in [0.15, 0.2) is 0 Å². The second kappa shape index (κ2) is 8.55. The van der Waals surface area contributed by atoms with Crippen molar-refractivity contribution in [3.05, 3.63) is 64.4 Å². The van der Waals surface area contributed by atoms with Crippen molar-refractivity contribution in [1.82, 2.24) is 14.9 Å². The molecule has 0 unspecified atom stereocenters. The van der Waals surface area contributed by atoms with Crippen LogP contribution >= 0.6 is 23.4 Å². The summed E-state index contributed by atoms with van der Waals surface area (Å²) in [6.07, 6.45) is -4.64. The van der Waals surface area contributed by atoms with E-state index in [4.69, 9.17) is 16.3 Å². The van der Waals surface area contributed by atoms with E-state index in [2.05, 4.69) is 20.9 Å². The summed E-state index contributed by atoms with van der Waals surface area (Å²) in [5, 5.41) is 9.93. The third kappa shape index (κ3) is 4.35. The molecule has 1 aliphatic heterocycles. The maximum atomic E-state index is 13.2. The molecule has 1 aromatic heterocycles. The fraction of sp³-hybridized carbons (Fsp3) is 0.250. The highest BCUT2D eigenvalue weighted by Crippen LogP contribution is 2.39. The molecule has 2 atom stereocenters. The highest BCUT2D eigenvalue weighted by molar-refractivity contribution is 8.00. The molecule has 3 aromatic rings. The molecular formula is C20H17ClF3N5O2S. The number of halogens is 4. The van der Waals surface area contributed by atoms with E-state index in [1.807, 2.05) is 12.1 Å². The van der Waals surface area contributed by atoms with Crippen LogP contribution in [-0.4, -0.2) is 33.1 Å². The summed E-state index contributed by atoms with van der Waals surface area (Å²) in [6, 6.07) is 9.88. The van der Waals surface area contributed by atoms with Crippen LogP contribution in [0.5, 0.6) is 5.75 Å². The summed E-state index contributed by atoms with van der Waals surface area (Å²) in [7, 11) is 1.55. The smallest absolute Gasteiger partial charge is 0.417 e. The van der Waals surface area contributed by atoms with E-state index in [0.29, 0.717) is 16.7 Å². The molecule has 0 bridgehead atoms. The predicted octanol–water partition coefficient (Wildman–Crippen LogP) is 4.67. The molecule has 0 aliphatic carbocycles. The molecule has 2 N–H and O–H groups in total. The monoisotopic (exact) mass is 483 g/mol. The molecule has 168 valence electrons. The number of carbonyl (C=O) groups is 1. The fourth-order valence-electron chi connectivity index (χ4n) is 3.26. The van der Waals surface area contributed by atoms with Crippen LogP contribution in [-0.2, 0) is 11.0 Å². The molecular weight excluding hydrogens is 467 g/mol. The van der Waals surface area contributed by atoms with Crippen molar-refractivity contribution in [3.63, 3.8) is 0 Å². The number of nitrogens with one attached hydrogen (secondary N) is 2. The van der Waals surface area contributed by atoms with Crippen molar-refractivity contribution in [3.8, 4) is 5.75 Å². The first kappa shape index (κ1) is 22.3. The lowest BCUT2D eigenvalue weighted by Crippen LogP contribution is -2.41. The minimum absolute atomic E-state index is 0.0102. The first-order chi connectivity index (χ1) is 15.2. The molecule has 1 aliphatic rings. The summed E-state index contributed by atoms with van der Waals surface area (Å²) in [5.74, 6) is 0.767. The van der Waals surface area contributed by atoms with Crippen LogP contribution in [0.25, 0.3) is 0 Å². The van der Waals surface area contributed by atoms with Crippen LogP contribution in [0.1, 0.15) is 23.0 Å². The molecule has 0 saturated carbocycles. The average molecular weight is 484 g/mol.